The Morgan fingerprint density at radius 2 is 2.12 bits per heavy atom. The number of pyridine rings is 1. The SMILES string of the molecule is CN1C(=O)[C@@H](C2CC2)[C@@](C)(c2cc(-c3ccnc(Cl)c3)cs2)N=C1N. The standard InChI is InChI=1S/C18H19ClN4OS/c1-18(15(10-3-4-10)16(24)23(2)17(20)22-18)13-7-12(9-25-13)11-5-6-21-14(19)8-11/h5-10,15H,3-4H2,1-2H3,(H2,20,22)/t15-,18-/m1/s1. The molecule has 0 saturated heterocycles. The van der Waals surface area contributed by atoms with Crippen LogP contribution in [0.15, 0.2) is 34.8 Å². The maximum atomic E-state index is 12.9. The van der Waals surface area contributed by atoms with E-state index in [1.165, 1.54) is 4.90 Å². The zero-order valence-electron chi connectivity index (χ0n) is 14.1. The highest BCUT2D eigenvalue weighted by Gasteiger charge is 2.53. The van der Waals surface area contributed by atoms with Gasteiger partial charge in [-0.1, -0.05) is 11.6 Å². The molecule has 3 heterocycles. The van der Waals surface area contributed by atoms with Crippen molar-refractivity contribution in [2.75, 3.05) is 7.05 Å². The number of aromatic nitrogens is 1. The molecule has 1 aliphatic heterocycles. The molecular weight excluding hydrogens is 356 g/mol. The van der Waals surface area contributed by atoms with Gasteiger partial charge in [0.05, 0.1) is 5.92 Å². The predicted octanol–water partition coefficient (Wildman–Crippen LogP) is 3.49. The lowest BCUT2D eigenvalue weighted by Crippen LogP contribution is -2.54. The molecule has 2 atom stereocenters. The number of thiophene rings is 1. The van der Waals surface area contributed by atoms with Crippen molar-refractivity contribution in [3.05, 3.63) is 39.8 Å². The monoisotopic (exact) mass is 374 g/mol. The van der Waals surface area contributed by atoms with Crippen molar-refractivity contribution in [1.29, 1.82) is 0 Å². The highest BCUT2D eigenvalue weighted by molar-refractivity contribution is 7.10. The van der Waals surface area contributed by atoms with Crippen LogP contribution in [0.2, 0.25) is 5.15 Å². The first-order valence-corrected chi connectivity index (χ1v) is 9.50. The van der Waals surface area contributed by atoms with Gasteiger partial charge in [0.2, 0.25) is 5.91 Å². The van der Waals surface area contributed by atoms with Crippen LogP contribution >= 0.6 is 22.9 Å². The fourth-order valence-corrected chi connectivity index (χ4v) is 4.82. The maximum Gasteiger partial charge on any atom is 0.235 e. The molecule has 0 radical (unpaired) electrons. The van der Waals surface area contributed by atoms with Gasteiger partial charge in [-0.25, -0.2) is 9.98 Å². The molecule has 25 heavy (non-hydrogen) atoms. The van der Waals surface area contributed by atoms with Gasteiger partial charge in [0.15, 0.2) is 5.96 Å². The van der Waals surface area contributed by atoms with Crippen molar-refractivity contribution in [1.82, 2.24) is 9.88 Å². The van der Waals surface area contributed by atoms with Crippen LogP contribution < -0.4 is 5.73 Å². The Labute approximate surface area is 155 Å². The molecule has 1 amide bonds. The molecule has 1 fully saturated rings. The van der Waals surface area contributed by atoms with Crippen LogP contribution in [0.4, 0.5) is 0 Å². The summed E-state index contributed by atoms with van der Waals surface area (Å²) in [5.74, 6) is 0.584. The van der Waals surface area contributed by atoms with Crippen LogP contribution in [0.1, 0.15) is 24.6 Å². The molecular formula is C18H19ClN4OS. The Morgan fingerprint density at radius 1 is 1.36 bits per heavy atom. The summed E-state index contributed by atoms with van der Waals surface area (Å²) in [4.78, 5) is 24.2. The van der Waals surface area contributed by atoms with Gasteiger partial charge in [-0.2, -0.15) is 0 Å². The Kier molecular flexibility index (Phi) is 3.85. The van der Waals surface area contributed by atoms with E-state index >= 15 is 0 Å². The van der Waals surface area contributed by atoms with Crippen molar-refractivity contribution in [3.63, 3.8) is 0 Å². The quantitative estimate of drug-likeness (QED) is 0.836. The number of nitrogens with zero attached hydrogens (tertiary/aromatic N) is 3. The van der Waals surface area contributed by atoms with Gasteiger partial charge in [-0.05, 0) is 60.4 Å². The van der Waals surface area contributed by atoms with Gasteiger partial charge >= 0.3 is 0 Å². The average Bonchev–Trinajstić information content (AvgIpc) is 3.26. The van der Waals surface area contributed by atoms with Crippen molar-refractivity contribution in [2.45, 2.75) is 25.3 Å². The highest BCUT2D eigenvalue weighted by atomic mass is 35.5. The van der Waals surface area contributed by atoms with E-state index in [0.29, 0.717) is 11.1 Å². The molecule has 0 unspecified atom stereocenters. The molecule has 5 nitrogen and oxygen atoms in total. The molecule has 2 aliphatic rings. The van der Waals surface area contributed by atoms with Gasteiger partial charge in [-0.3, -0.25) is 9.69 Å². The second-order valence-corrected chi connectivity index (χ2v) is 8.20. The molecule has 1 saturated carbocycles. The van der Waals surface area contributed by atoms with Crippen LogP contribution in [0.5, 0.6) is 0 Å². The van der Waals surface area contributed by atoms with E-state index in [2.05, 4.69) is 16.4 Å². The van der Waals surface area contributed by atoms with Gasteiger partial charge in [0.1, 0.15) is 10.7 Å². The van der Waals surface area contributed by atoms with E-state index < -0.39 is 5.54 Å². The van der Waals surface area contributed by atoms with E-state index in [0.717, 1.165) is 28.8 Å². The van der Waals surface area contributed by atoms with Gasteiger partial charge in [0, 0.05) is 18.1 Å². The van der Waals surface area contributed by atoms with Gasteiger partial charge < -0.3 is 5.73 Å². The van der Waals surface area contributed by atoms with E-state index in [9.17, 15) is 4.79 Å². The molecule has 1 aliphatic carbocycles. The molecule has 0 spiro atoms. The third-order valence-electron chi connectivity index (χ3n) is 5.14. The Hall–Kier alpha value is -1.92. The van der Waals surface area contributed by atoms with Crippen LogP contribution in [-0.2, 0) is 10.3 Å². The number of aliphatic imine (C=N–C) groups is 1. The fraction of sp³-hybridized carbons (Fsp3) is 0.389. The normalized spacial score (nSPS) is 26.7. The molecule has 130 valence electrons. The van der Waals surface area contributed by atoms with E-state index in [1.807, 2.05) is 19.1 Å². The number of carbonyl (C=O) groups is 1. The predicted molar refractivity (Wildman–Crippen MR) is 101 cm³/mol. The van der Waals surface area contributed by atoms with E-state index in [1.54, 1.807) is 24.6 Å². The minimum absolute atomic E-state index is 0.0689. The number of hydrogen-bond donors (Lipinski definition) is 1. The topological polar surface area (TPSA) is 71.6 Å². The highest BCUT2D eigenvalue weighted by Crippen LogP contribution is 2.51. The van der Waals surface area contributed by atoms with Crippen LogP contribution in [0.3, 0.4) is 0 Å². The Morgan fingerprint density at radius 3 is 2.80 bits per heavy atom. The second-order valence-electron chi connectivity index (χ2n) is 6.90. The number of halogens is 1. The van der Waals surface area contributed by atoms with Crippen molar-refractivity contribution >= 4 is 34.8 Å². The third-order valence-corrected chi connectivity index (χ3v) is 6.51. The summed E-state index contributed by atoms with van der Waals surface area (Å²) in [6, 6.07) is 5.86. The van der Waals surface area contributed by atoms with E-state index in [4.69, 9.17) is 22.3 Å². The summed E-state index contributed by atoms with van der Waals surface area (Å²) in [6.07, 6.45) is 3.85. The number of rotatable bonds is 3. The molecule has 2 aromatic heterocycles. The molecule has 0 bridgehead atoms. The first-order valence-electron chi connectivity index (χ1n) is 8.24. The lowest BCUT2D eigenvalue weighted by atomic mass is 9.79. The first kappa shape index (κ1) is 16.5. The summed E-state index contributed by atoms with van der Waals surface area (Å²) >= 11 is 7.62. The average molecular weight is 375 g/mol. The summed E-state index contributed by atoms with van der Waals surface area (Å²) in [7, 11) is 1.70. The minimum atomic E-state index is -0.616. The fourth-order valence-electron chi connectivity index (χ4n) is 3.58. The molecule has 2 aromatic rings. The number of guanidine groups is 1. The molecule has 2 N–H and O–H groups in total. The second kappa shape index (κ2) is 5.81. The van der Waals surface area contributed by atoms with E-state index in [-0.39, 0.29) is 17.8 Å². The van der Waals surface area contributed by atoms with Gasteiger partial charge in [0.25, 0.3) is 0 Å². The smallest absolute Gasteiger partial charge is 0.235 e. The van der Waals surface area contributed by atoms with Gasteiger partial charge in [-0.15, -0.1) is 11.3 Å². The molecule has 7 heteroatoms. The number of carbonyl (C=O) groups excluding carboxylic acids is 1. The maximum absolute atomic E-state index is 12.9. The Bertz CT molecular complexity index is 875. The number of nitrogens with two attached hydrogens (primary N) is 1. The summed E-state index contributed by atoms with van der Waals surface area (Å²) in [5, 5.41) is 2.54. The summed E-state index contributed by atoms with van der Waals surface area (Å²) < 4.78 is 0. The number of hydrogen-bond acceptors (Lipinski definition) is 5. The summed E-state index contributed by atoms with van der Waals surface area (Å²) in [6.45, 7) is 2.03. The molecule has 4 rings (SSSR count). The third kappa shape index (κ3) is 2.73. The summed E-state index contributed by atoms with van der Waals surface area (Å²) in [5.41, 5.74) is 7.48. The lowest BCUT2D eigenvalue weighted by Gasteiger charge is -2.40. The lowest BCUT2D eigenvalue weighted by molar-refractivity contribution is -0.134. The minimum Gasteiger partial charge on any atom is -0.369 e. The largest absolute Gasteiger partial charge is 0.369 e. The molecule has 0 aromatic carbocycles. The zero-order chi connectivity index (χ0) is 17.8. The van der Waals surface area contributed by atoms with Crippen LogP contribution in [0, 0.1) is 11.8 Å². The van der Waals surface area contributed by atoms with Crippen molar-refractivity contribution in [3.8, 4) is 11.1 Å². The zero-order valence-corrected chi connectivity index (χ0v) is 15.6. The Balaban J connectivity index is 1.78. The van der Waals surface area contributed by atoms with Crippen molar-refractivity contribution < 1.29 is 4.79 Å². The first-order chi connectivity index (χ1) is 11.9. The van der Waals surface area contributed by atoms with Crippen molar-refractivity contribution in [2.24, 2.45) is 22.6 Å². The van der Waals surface area contributed by atoms with Crippen LogP contribution in [-0.4, -0.2) is 28.8 Å². The number of amides is 1. The van der Waals surface area contributed by atoms with Crippen LogP contribution in [0.25, 0.3) is 11.1 Å².